The Morgan fingerprint density at radius 3 is 2.61 bits per heavy atom. The van der Waals surface area contributed by atoms with E-state index in [-0.39, 0.29) is 18.4 Å². The molecule has 0 saturated carbocycles. The second-order valence-electron chi connectivity index (χ2n) is 7.25. The van der Waals surface area contributed by atoms with Crippen molar-refractivity contribution in [2.75, 3.05) is 18.0 Å². The van der Waals surface area contributed by atoms with Crippen LogP contribution in [0, 0.1) is 11.6 Å². The predicted molar refractivity (Wildman–Crippen MR) is 111 cm³/mol. The minimum Gasteiger partial charge on any atom is -0.318 e. The minimum atomic E-state index is -0.945. The van der Waals surface area contributed by atoms with Gasteiger partial charge in [-0.2, -0.15) is 0 Å². The standard InChI is InChI=1S/C23H20F2N4O2/c24-19-6-4-16(13-20(19)25)15-28-11-12-29(23(28)31)22-14-17(8-10-27-22)21(30)7-5-18-3-1-2-9-26-18/h1-4,6,8-10,13-14H,5,7,11-12,15H2. The second kappa shape index (κ2) is 8.99. The molecule has 31 heavy (non-hydrogen) atoms. The van der Waals surface area contributed by atoms with Crippen molar-refractivity contribution in [2.45, 2.75) is 19.4 Å². The smallest absolute Gasteiger partial charge is 0.318 e. The van der Waals surface area contributed by atoms with Gasteiger partial charge in [0.25, 0.3) is 0 Å². The summed E-state index contributed by atoms with van der Waals surface area (Å²) in [5.41, 5.74) is 1.82. The molecule has 0 unspecified atom stereocenters. The number of urea groups is 1. The molecule has 1 aromatic carbocycles. The van der Waals surface area contributed by atoms with Gasteiger partial charge < -0.3 is 4.90 Å². The summed E-state index contributed by atoms with van der Waals surface area (Å²) in [6.07, 6.45) is 4.03. The van der Waals surface area contributed by atoms with Gasteiger partial charge in [-0.05, 0) is 48.4 Å². The van der Waals surface area contributed by atoms with Crippen molar-refractivity contribution in [3.63, 3.8) is 0 Å². The second-order valence-corrected chi connectivity index (χ2v) is 7.25. The first-order valence-electron chi connectivity index (χ1n) is 9.91. The number of aryl methyl sites for hydroxylation is 1. The van der Waals surface area contributed by atoms with Gasteiger partial charge in [-0.25, -0.2) is 18.6 Å². The number of halogens is 2. The highest BCUT2D eigenvalue weighted by Crippen LogP contribution is 2.22. The molecule has 0 N–H and O–H groups in total. The Balaban J connectivity index is 1.42. The van der Waals surface area contributed by atoms with Crippen molar-refractivity contribution in [3.8, 4) is 0 Å². The number of hydrogen-bond donors (Lipinski definition) is 0. The van der Waals surface area contributed by atoms with Crippen molar-refractivity contribution < 1.29 is 18.4 Å². The number of amides is 2. The van der Waals surface area contributed by atoms with Gasteiger partial charge in [0.2, 0.25) is 0 Å². The molecule has 1 aliphatic heterocycles. The summed E-state index contributed by atoms with van der Waals surface area (Å²) in [5.74, 6) is -1.53. The van der Waals surface area contributed by atoms with Gasteiger partial charge in [-0.3, -0.25) is 14.7 Å². The predicted octanol–water partition coefficient (Wildman–Crippen LogP) is 4.01. The van der Waals surface area contributed by atoms with E-state index in [1.54, 1.807) is 18.3 Å². The van der Waals surface area contributed by atoms with Crippen LogP contribution in [0.25, 0.3) is 0 Å². The van der Waals surface area contributed by atoms with Crippen molar-refractivity contribution >= 4 is 17.6 Å². The number of Topliss-reactive ketones (excluding diaryl/α,β-unsaturated/α-hetero) is 1. The van der Waals surface area contributed by atoms with Crippen LogP contribution in [-0.4, -0.2) is 39.8 Å². The van der Waals surface area contributed by atoms with E-state index in [1.165, 1.54) is 22.1 Å². The van der Waals surface area contributed by atoms with E-state index in [0.717, 1.165) is 17.8 Å². The fourth-order valence-electron chi connectivity index (χ4n) is 3.47. The molecule has 2 aromatic heterocycles. The number of carbonyl (C=O) groups is 2. The fourth-order valence-corrected chi connectivity index (χ4v) is 3.47. The number of ketones is 1. The number of pyridine rings is 2. The van der Waals surface area contributed by atoms with Crippen LogP contribution in [0.4, 0.5) is 19.4 Å². The Bertz CT molecular complexity index is 1110. The Morgan fingerprint density at radius 1 is 0.968 bits per heavy atom. The molecule has 0 spiro atoms. The van der Waals surface area contributed by atoms with Crippen LogP contribution >= 0.6 is 0 Å². The molecular formula is C23H20F2N4O2. The first kappa shape index (κ1) is 20.6. The monoisotopic (exact) mass is 422 g/mol. The molecule has 1 saturated heterocycles. The SMILES string of the molecule is O=C(CCc1ccccn1)c1ccnc(N2CCN(Cc3ccc(F)c(F)c3)C2=O)c1. The van der Waals surface area contributed by atoms with E-state index < -0.39 is 11.6 Å². The van der Waals surface area contributed by atoms with E-state index in [9.17, 15) is 18.4 Å². The van der Waals surface area contributed by atoms with Gasteiger partial charge in [-0.1, -0.05) is 12.1 Å². The summed E-state index contributed by atoms with van der Waals surface area (Å²) in [6, 6.07) is 12.1. The number of benzene rings is 1. The molecule has 0 atom stereocenters. The third-order valence-corrected chi connectivity index (χ3v) is 5.13. The summed E-state index contributed by atoms with van der Waals surface area (Å²) in [7, 11) is 0. The van der Waals surface area contributed by atoms with Gasteiger partial charge in [0.1, 0.15) is 5.82 Å². The topological polar surface area (TPSA) is 66.4 Å². The quantitative estimate of drug-likeness (QED) is 0.540. The van der Waals surface area contributed by atoms with Crippen LogP contribution in [0.2, 0.25) is 0 Å². The van der Waals surface area contributed by atoms with Gasteiger partial charge in [0.15, 0.2) is 17.4 Å². The van der Waals surface area contributed by atoms with Crippen molar-refractivity contribution in [1.82, 2.24) is 14.9 Å². The maximum Gasteiger partial charge on any atom is 0.326 e. The molecule has 4 rings (SSSR count). The lowest BCUT2D eigenvalue weighted by atomic mass is 10.1. The van der Waals surface area contributed by atoms with E-state index in [4.69, 9.17) is 0 Å². The molecule has 0 bridgehead atoms. The van der Waals surface area contributed by atoms with E-state index >= 15 is 0 Å². The Hall–Kier alpha value is -3.68. The Morgan fingerprint density at radius 2 is 1.84 bits per heavy atom. The van der Waals surface area contributed by atoms with Crippen molar-refractivity contribution in [3.05, 3.63) is 89.4 Å². The molecule has 6 nitrogen and oxygen atoms in total. The van der Waals surface area contributed by atoms with Crippen LogP contribution in [0.1, 0.15) is 28.0 Å². The van der Waals surface area contributed by atoms with E-state index in [0.29, 0.717) is 42.9 Å². The Kier molecular flexibility index (Phi) is 5.97. The van der Waals surface area contributed by atoms with Crippen LogP contribution in [0.5, 0.6) is 0 Å². The Labute approximate surface area is 178 Å². The lowest BCUT2D eigenvalue weighted by Gasteiger charge is -2.18. The fraction of sp³-hybridized carbons (Fsp3) is 0.217. The molecule has 0 aliphatic carbocycles. The largest absolute Gasteiger partial charge is 0.326 e. The zero-order valence-corrected chi connectivity index (χ0v) is 16.7. The highest BCUT2D eigenvalue weighted by Gasteiger charge is 2.30. The third-order valence-electron chi connectivity index (χ3n) is 5.13. The number of aromatic nitrogens is 2. The molecule has 1 aliphatic rings. The van der Waals surface area contributed by atoms with E-state index in [2.05, 4.69) is 9.97 Å². The molecule has 158 valence electrons. The number of carbonyl (C=O) groups excluding carboxylic acids is 2. The minimum absolute atomic E-state index is 0.0559. The first-order valence-corrected chi connectivity index (χ1v) is 9.91. The average molecular weight is 422 g/mol. The number of nitrogens with zero attached hydrogens (tertiary/aromatic N) is 4. The van der Waals surface area contributed by atoms with Crippen molar-refractivity contribution in [1.29, 1.82) is 0 Å². The third kappa shape index (κ3) is 4.74. The zero-order valence-electron chi connectivity index (χ0n) is 16.7. The number of rotatable bonds is 7. The zero-order chi connectivity index (χ0) is 21.8. The maximum atomic E-state index is 13.4. The summed E-state index contributed by atoms with van der Waals surface area (Å²) in [6.45, 7) is 0.966. The molecule has 3 heterocycles. The summed E-state index contributed by atoms with van der Waals surface area (Å²) in [5, 5.41) is 0. The lowest BCUT2D eigenvalue weighted by molar-refractivity contribution is 0.0982. The molecule has 0 radical (unpaired) electrons. The van der Waals surface area contributed by atoms with Gasteiger partial charge in [0, 0.05) is 49.7 Å². The molecule has 8 heteroatoms. The highest BCUT2D eigenvalue weighted by molar-refractivity contribution is 5.98. The average Bonchev–Trinajstić information content (AvgIpc) is 3.15. The molecule has 3 aromatic rings. The van der Waals surface area contributed by atoms with Gasteiger partial charge in [-0.15, -0.1) is 0 Å². The summed E-state index contributed by atoms with van der Waals surface area (Å²) < 4.78 is 26.6. The van der Waals surface area contributed by atoms with Crippen LogP contribution in [-0.2, 0) is 13.0 Å². The van der Waals surface area contributed by atoms with Gasteiger partial charge >= 0.3 is 6.03 Å². The molecule has 1 fully saturated rings. The highest BCUT2D eigenvalue weighted by atomic mass is 19.2. The maximum absolute atomic E-state index is 13.4. The molecule has 2 amide bonds. The summed E-state index contributed by atoms with van der Waals surface area (Å²) in [4.78, 5) is 36.9. The van der Waals surface area contributed by atoms with E-state index in [1.807, 2.05) is 18.2 Å². The first-order chi connectivity index (χ1) is 15.0. The van der Waals surface area contributed by atoms with Crippen LogP contribution < -0.4 is 4.90 Å². The normalized spacial score (nSPS) is 13.7. The van der Waals surface area contributed by atoms with Crippen LogP contribution in [0.15, 0.2) is 60.9 Å². The van der Waals surface area contributed by atoms with Crippen LogP contribution in [0.3, 0.4) is 0 Å². The lowest BCUT2D eigenvalue weighted by Crippen LogP contribution is -2.32. The summed E-state index contributed by atoms with van der Waals surface area (Å²) >= 11 is 0. The van der Waals surface area contributed by atoms with Crippen molar-refractivity contribution in [2.24, 2.45) is 0 Å². The van der Waals surface area contributed by atoms with Gasteiger partial charge in [0.05, 0.1) is 0 Å². The molecular weight excluding hydrogens is 402 g/mol. The number of anilines is 1. The number of hydrogen-bond acceptors (Lipinski definition) is 4.